The van der Waals surface area contributed by atoms with Crippen LogP contribution in [0.15, 0.2) is 36.4 Å². The van der Waals surface area contributed by atoms with Gasteiger partial charge < -0.3 is 14.4 Å². The summed E-state index contributed by atoms with van der Waals surface area (Å²) in [7, 11) is 1.66. The van der Waals surface area contributed by atoms with Crippen molar-refractivity contribution in [3.63, 3.8) is 0 Å². The van der Waals surface area contributed by atoms with E-state index in [1.807, 2.05) is 44.2 Å². The minimum absolute atomic E-state index is 0.395. The van der Waals surface area contributed by atoms with Gasteiger partial charge >= 0.3 is 0 Å². The Bertz CT molecular complexity index is 934. The van der Waals surface area contributed by atoms with Crippen molar-refractivity contribution in [1.29, 1.82) is 0 Å². The SMILES string of the molecule is COc1ccc(OCCc2cc([C@H]3CCN(c4nc(C)cc(C)n4)C3)n[nH]2)cc1. The Morgan fingerprint density at radius 2 is 1.79 bits per heavy atom. The summed E-state index contributed by atoms with van der Waals surface area (Å²) in [4.78, 5) is 11.4. The summed E-state index contributed by atoms with van der Waals surface area (Å²) in [5.74, 6) is 2.89. The molecule has 0 aliphatic carbocycles. The molecule has 152 valence electrons. The van der Waals surface area contributed by atoms with E-state index in [1.165, 1.54) is 0 Å². The molecule has 1 saturated heterocycles. The highest BCUT2D eigenvalue weighted by atomic mass is 16.5. The molecule has 29 heavy (non-hydrogen) atoms. The molecule has 1 aliphatic rings. The first-order chi connectivity index (χ1) is 14.1. The molecule has 1 fully saturated rings. The fourth-order valence-electron chi connectivity index (χ4n) is 3.70. The summed E-state index contributed by atoms with van der Waals surface area (Å²) in [5.41, 5.74) is 4.22. The highest BCUT2D eigenvalue weighted by Crippen LogP contribution is 2.28. The predicted octanol–water partition coefficient (Wildman–Crippen LogP) is 3.44. The van der Waals surface area contributed by atoms with Crippen molar-refractivity contribution < 1.29 is 9.47 Å². The topological polar surface area (TPSA) is 76.2 Å². The van der Waals surface area contributed by atoms with Crippen LogP contribution in [0.2, 0.25) is 0 Å². The van der Waals surface area contributed by atoms with Crippen LogP contribution in [-0.4, -0.2) is 47.0 Å². The number of H-pyrrole nitrogens is 1. The first-order valence-electron chi connectivity index (χ1n) is 9.99. The van der Waals surface area contributed by atoms with Crippen LogP contribution in [0.25, 0.3) is 0 Å². The van der Waals surface area contributed by atoms with Crippen LogP contribution in [0.1, 0.15) is 35.1 Å². The molecule has 0 spiro atoms. The standard InChI is InChI=1S/C22H27N5O2/c1-15-12-16(2)24-22(23-15)27-10-8-17(14-27)21-13-18(25-26-21)9-11-29-20-6-4-19(28-3)5-7-20/h4-7,12-13,17H,8-11,14H2,1-3H3,(H,25,26)/t17-/m0/s1. The van der Waals surface area contributed by atoms with Gasteiger partial charge in [-0.1, -0.05) is 0 Å². The minimum Gasteiger partial charge on any atom is -0.497 e. The van der Waals surface area contributed by atoms with Gasteiger partial charge in [0, 0.05) is 42.5 Å². The second-order valence-corrected chi connectivity index (χ2v) is 7.47. The summed E-state index contributed by atoms with van der Waals surface area (Å²) in [5, 5.41) is 7.71. The second-order valence-electron chi connectivity index (χ2n) is 7.47. The molecule has 4 rings (SSSR count). The zero-order chi connectivity index (χ0) is 20.2. The molecular formula is C22H27N5O2. The van der Waals surface area contributed by atoms with Crippen molar-refractivity contribution in [3.05, 3.63) is 59.2 Å². The lowest BCUT2D eigenvalue weighted by Gasteiger charge is -2.16. The number of aromatic amines is 1. The lowest BCUT2D eigenvalue weighted by atomic mass is 10.0. The third kappa shape index (κ3) is 4.67. The van der Waals surface area contributed by atoms with Gasteiger partial charge in [-0.3, -0.25) is 5.10 Å². The zero-order valence-corrected chi connectivity index (χ0v) is 17.2. The number of aryl methyl sites for hydroxylation is 2. The zero-order valence-electron chi connectivity index (χ0n) is 17.2. The van der Waals surface area contributed by atoms with Gasteiger partial charge in [-0.05, 0) is 56.7 Å². The summed E-state index contributed by atoms with van der Waals surface area (Å²) >= 11 is 0. The molecule has 3 heterocycles. The maximum absolute atomic E-state index is 5.81. The summed E-state index contributed by atoms with van der Waals surface area (Å²) < 4.78 is 11.0. The van der Waals surface area contributed by atoms with Crippen LogP contribution in [0.4, 0.5) is 5.95 Å². The largest absolute Gasteiger partial charge is 0.497 e. The number of nitrogens with one attached hydrogen (secondary N) is 1. The number of rotatable bonds is 7. The maximum Gasteiger partial charge on any atom is 0.225 e. The molecule has 1 N–H and O–H groups in total. The van der Waals surface area contributed by atoms with E-state index in [9.17, 15) is 0 Å². The smallest absolute Gasteiger partial charge is 0.225 e. The van der Waals surface area contributed by atoms with Gasteiger partial charge in [-0.25, -0.2) is 9.97 Å². The summed E-state index contributed by atoms with van der Waals surface area (Å²) in [6.45, 7) is 6.48. The predicted molar refractivity (Wildman–Crippen MR) is 112 cm³/mol. The van der Waals surface area contributed by atoms with Crippen LogP contribution in [0.5, 0.6) is 11.5 Å². The molecule has 7 nitrogen and oxygen atoms in total. The van der Waals surface area contributed by atoms with Crippen LogP contribution in [0, 0.1) is 13.8 Å². The van der Waals surface area contributed by atoms with Crippen molar-refractivity contribution in [2.75, 3.05) is 31.7 Å². The molecule has 1 aliphatic heterocycles. The minimum atomic E-state index is 0.395. The highest BCUT2D eigenvalue weighted by molar-refractivity contribution is 5.36. The molecule has 1 atom stereocenters. The van der Waals surface area contributed by atoms with Gasteiger partial charge in [-0.15, -0.1) is 0 Å². The molecule has 0 unspecified atom stereocenters. The van der Waals surface area contributed by atoms with Gasteiger partial charge in [0.15, 0.2) is 0 Å². The Morgan fingerprint density at radius 1 is 1.07 bits per heavy atom. The lowest BCUT2D eigenvalue weighted by molar-refractivity contribution is 0.319. The number of ether oxygens (including phenoxy) is 2. The van der Waals surface area contributed by atoms with E-state index in [1.54, 1.807) is 7.11 Å². The Kier molecular flexibility index (Phi) is 5.64. The third-order valence-electron chi connectivity index (χ3n) is 5.21. The summed E-state index contributed by atoms with van der Waals surface area (Å²) in [6.07, 6.45) is 1.85. The van der Waals surface area contributed by atoms with Crippen molar-refractivity contribution >= 4 is 5.95 Å². The first-order valence-corrected chi connectivity index (χ1v) is 9.99. The van der Waals surface area contributed by atoms with E-state index in [2.05, 4.69) is 31.1 Å². The average Bonchev–Trinajstić information content (AvgIpc) is 3.37. The normalized spacial score (nSPS) is 16.2. The molecule has 0 radical (unpaired) electrons. The molecular weight excluding hydrogens is 366 g/mol. The Morgan fingerprint density at radius 3 is 2.52 bits per heavy atom. The molecule has 7 heteroatoms. The Balaban J connectivity index is 1.30. The molecule has 0 saturated carbocycles. The number of anilines is 1. The van der Waals surface area contributed by atoms with Gasteiger partial charge in [0.1, 0.15) is 11.5 Å². The van der Waals surface area contributed by atoms with Gasteiger partial charge in [-0.2, -0.15) is 5.10 Å². The van der Waals surface area contributed by atoms with Crippen LogP contribution >= 0.6 is 0 Å². The number of hydrogen-bond donors (Lipinski definition) is 1. The molecule has 3 aromatic rings. The van der Waals surface area contributed by atoms with Crippen molar-refractivity contribution in [2.24, 2.45) is 0 Å². The molecule has 0 bridgehead atoms. The van der Waals surface area contributed by atoms with Crippen molar-refractivity contribution in [2.45, 2.75) is 32.6 Å². The molecule has 1 aromatic carbocycles. The number of methoxy groups -OCH3 is 1. The van der Waals surface area contributed by atoms with E-state index in [0.29, 0.717) is 12.5 Å². The monoisotopic (exact) mass is 393 g/mol. The average molecular weight is 393 g/mol. The fraction of sp³-hybridized carbons (Fsp3) is 0.409. The van der Waals surface area contributed by atoms with Crippen LogP contribution in [0.3, 0.4) is 0 Å². The van der Waals surface area contributed by atoms with E-state index in [0.717, 1.165) is 66.2 Å². The van der Waals surface area contributed by atoms with Crippen molar-refractivity contribution in [3.8, 4) is 11.5 Å². The van der Waals surface area contributed by atoms with Gasteiger partial charge in [0.25, 0.3) is 0 Å². The highest BCUT2D eigenvalue weighted by Gasteiger charge is 2.27. The molecule has 2 aromatic heterocycles. The Hall–Kier alpha value is -3.09. The first kappa shape index (κ1) is 19.2. The fourth-order valence-corrected chi connectivity index (χ4v) is 3.70. The van der Waals surface area contributed by atoms with Crippen LogP contribution in [-0.2, 0) is 6.42 Å². The maximum atomic E-state index is 5.81. The van der Waals surface area contributed by atoms with Crippen molar-refractivity contribution in [1.82, 2.24) is 20.2 Å². The Labute approximate surface area is 171 Å². The quantitative estimate of drug-likeness (QED) is 0.663. The second kappa shape index (κ2) is 8.51. The number of nitrogens with zero attached hydrogens (tertiary/aromatic N) is 4. The number of benzene rings is 1. The van der Waals surface area contributed by atoms with E-state index < -0.39 is 0 Å². The third-order valence-corrected chi connectivity index (χ3v) is 5.21. The molecule has 0 amide bonds. The van der Waals surface area contributed by atoms with Gasteiger partial charge in [0.2, 0.25) is 5.95 Å². The van der Waals surface area contributed by atoms with E-state index in [-0.39, 0.29) is 0 Å². The van der Waals surface area contributed by atoms with E-state index in [4.69, 9.17) is 9.47 Å². The number of aromatic nitrogens is 4. The summed E-state index contributed by atoms with van der Waals surface area (Å²) in [6, 6.07) is 11.8. The van der Waals surface area contributed by atoms with E-state index >= 15 is 0 Å². The van der Waals surface area contributed by atoms with Crippen LogP contribution < -0.4 is 14.4 Å². The number of hydrogen-bond acceptors (Lipinski definition) is 6. The van der Waals surface area contributed by atoms with Gasteiger partial charge in [0.05, 0.1) is 19.4 Å². The lowest BCUT2D eigenvalue weighted by Crippen LogP contribution is -2.22.